The summed E-state index contributed by atoms with van der Waals surface area (Å²) in [4.78, 5) is 21.6. The molecule has 2 heterocycles. The van der Waals surface area contributed by atoms with Gasteiger partial charge in [-0.15, -0.1) is 0 Å². The molecule has 0 fully saturated rings. The monoisotopic (exact) mass is 432 g/mol. The van der Waals surface area contributed by atoms with Gasteiger partial charge in [0.15, 0.2) is 0 Å². The number of hydrogen-bond donors (Lipinski definition) is 1. The molecule has 2 aromatic heterocycles. The van der Waals surface area contributed by atoms with Gasteiger partial charge in [0, 0.05) is 30.6 Å². The summed E-state index contributed by atoms with van der Waals surface area (Å²) in [5, 5.41) is 3.68. The molecule has 4 aromatic rings. The topological polar surface area (TPSA) is 59.8 Å². The number of halogens is 1. The second kappa shape index (κ2) is 9.31. The van der Waals surface area contributed by atoms with Crippen molar-refractivity contribution in [3.8, 4) is 0 Å². The Hall–Kier alpha value is -3.18. The molecular weight excluding hydrogens is 408 g/mol. The van der Waals surface area contributed by atoms with Crippen LogP contribution in [0, 0.1) is 13.8 Å². The first-order chi connectivity index (χ1) is 15.0. The van der Waals surface area contributed by atoms with Crippen LogP contribution in [0.15, 0.2) is 60.8 Å². The number of nitrogens with one attached hydrogen (secondary N) is 1. The van der Waals surface area contributed by atoms with Crippen molar-refractivity contribution in [2.24, 2.45) is 0 Å². The molecule has 6 heteroatoms. The normalized spacial score (nSPS) is 11.1. The third-order valence-corrected chi connectivity index (χ3v) is 5.87. The van der Waals surface area contributed by atoms with Crippen LogP contribution in [-0.4, -0.2) is 20.4 Å². The minimum absolute atomic E-state index is 0.0139. The fourth-order valence-corrected chi connectivity index (χ4v) is 3.82. The number of pyridine rings is 1. The van der Waals surface area contributed by atoms with Gasteiger partial charge in [0.05, 0.1) is 23.3 Å². The molecule has 0 aliphatic rings. The van der Waals surface area contributed by atoms with E-state index < -0.39 is 0 Å². The Kier molecular flexibility index (Phi) is 6.33. The van der Waals surface area contributed by atoms with Crippen LogP contribution in [0.5, 0.6) is 0 Å². The first-order valence-corrected chi connectivity index (χ1v) is 10.8. The minimum Gasteiger partial charge on any atom is -0.350 e. The van der Waals surface area contributed by atoms with Gasteiger partial charge in [-0.3, -0.25) is 9.78 Å². The van der Waals surface area contributed by atoms with Crippen molar-refractivity contribution in [3.63, 3.8) is 0 Å². The van der Waals surface area contributed by atoms with Crippen LogP contribution in [0.1, 0.15) is 34.6 Å². The molecule has 0 aliphatic heterocycles. The second-order valence-corrected chi connectivity index (χ2v) is 8.13. The summed E-state index contributed by atoms with van der Waals surface area (Å²) in [7, 11) is 0. The lowest BCUT2D eigenvalue weighted by Crippen LogP contribution is -2.24. The first kappa shape index (κ1) is 21.1. The van der Waals surface area contributed by atoms with Gasteiger partial charge >= 0.3 is 0 Å². The van der Waals surface area contributed by atoms with Crippen LogP contribution < -0.4 is 5.32 Å². The van der Waals surface area contributed by atoms with Crippen LogP contribution >= 0.6 is 11.6 Å². The van der Waals surface area contributed by atoms with E-state index in [-0.39, 0.29) is 5.91 Å². The van der Waals surface area contributed by atoms with Gasteiger partial charge in [-0.1, -0.05) is 35.9 Å². The van der Waals surface area contributed by atoms with Gasteiger partial charge in [0.2, 0.25) is 5.91 Å². The zero-order chi connectivity index (χ0) is 21.8. The summed E-state index contributed by atoms with van der Waals surface area (Å²) in [5.41, 5.74) is 6.26. The zero-order valence-corrected chi connectivity index (χ0v) is 18.5. The zero-order valence-electron chi connectivity index (χ0n) is 17.7. The summed E-state index contributed by atoms with van der Waals surface area (Å²) in [5.74, 6) is 0.894. The molecular formula is C25H25ClN4O. The Labute approximate surface area is 187 Å². The number of aryl methyl sites for hydroxylation is 3. The predicted octanol–water partition coefficient (Wildman–Crippen LogP) is 5.00. The Balaban J connectivity index is 1.56. The van der Waals surface area contributed by atoms with Crippen molar-refractivity contribution in [1.82, 2.24) is 19.9 Å². The van der Waals surface area contributed by atoms with Crippen molar-refractivity contribution < 1.29 is 4.79 Å². The molecule has 0 saturated heterocycles. The quantitative estimate of drug-likeness (QED) is 0.447. The molecule has 4 rings (SSSR count). The predicted molar refractivity (Wildman–Crippen MR) is 124 cm³/mol. The van der Waals surface area contributed by atoms with Crippen LogP contribution in [0.2, 0.25) is 5.02 Å². The molecule has 0 spiro atoms. The maximum atomic E-state index is 12.5. The van der Waals surface area contributed by atoms with E-state index in [9.17, 15) is 4.79 Å². The van der Waals surface area contributed by atoms with Gasteiger partial charge in [0.1, 0.15) is 5.82 Å². The van der Waals surface area contributed by atoms with Crippen LogP contribution in [-0.2, 0) is 24.3 Å². The summed E-state index contributed by atoms with van der Waals surface area (Å²) < 4.78 is 2.14. The lowest BCUT2D eigenvalue weighted by Gasteiger charge is -2.11. The van der Waals surface area contributed by atoms with Gasteiger partial charge in [-0.05, 0) is 60.9 Å². The van der Waals surface area contributed by atoms with E-state index >= 15 is 0 Å². The summed E-state index contributed by atoms with van der Waals surface area (Å²) >= 11 is 6.40. The second-order valence-electron chi connectivity index (χ2n) is 7.72. The van der Waals surface area contributed by atoms with E-state index in [1.807, 2.05) is 42.5 Å². The van der Waals surface area contributed by atoms with E-state index in [1.165, 1.54) is 11.1 Å². The molecule has 0 bridgehead atoms. The van der Waals surface area contributed by atoms with E-state index in [4.69, 9.17) is 16.6 Å². The van der Waals surface area contributed by atoms with E-state index in [1.54, 1.807) is 6.20 Å². The lowest BCUT2D eigenvalue weighted by atomic mass is 10.1. The molecule has 1 N–H and O–H groups in total. The molecule has 0 unspecified atom stereocenters. The molecule has 1 amide bonds. The van der Waals surface area contributed by atoms with E-state index in [0.29, 0.717) is 25.9 Å². The summed E-state index contributed by atoms with van der Waals surface area (Å²) in [6, 6.07) is 17.7. The van der Waals surface area contributed by atoms with Gasteiger partial charge in [0.25, 0.3) is 0 Å². The van der Waals surface area contributed by atoms with Crippen LogP contribution in [0.25, 0.3) is 11.0 Å². The number of fused-ring (bicyclic) bond motifs is 1. The number of carbonyl (C=O) groups is 1. The van der Waals surface area contributed by atoms with Crippen molar-refractivity contribution in [3.05, 3.63) is 94.0 Å². The Morgan fingerprint density at radius 3 is 2.61 bits per heavy atom. The molecule has 158 valence electrons. The first-order valence-electron chi connectivity index (χ1n) is 10.4. The smallest absolute Gasteiger partial charge is 0.222 e. The molecule has 0 radical (unpaired) electrons. The standard InChI is InChI=1S/C25H25ClN4O/c1-17-13-22-23(14-18(17)2)30(24(29-22)15-19-7-3-4-9-21(19)26)12-10-25(31)28-16-20-8-5-6-11-27-20/h3-9,11,13-14H,10,12,15-16H2,1-2H3,(H,28,31). The largest absolute Gasteiger partial charge is 0.350 e. The van der Waals surface area contributed by atoms with Gasteiger partial charge in [-0.25, -0.2) is 4.98 Å². The SMILES string of the molecule is Cc1cc2nc(Cc3ccccc3Cl)n(CCC(=O)NCc3ccccn3)c2cc1C. The fourth-order valence-electron chi connectivity index (χ4n) is 3.62. The number of hydrogen-bond acceptors (Lipinski definition) is 3. The maximum Gasteiger partial charge on any atom is 0.222 e. The Bertz CT molecular complexity index is 1220. The highest BCUT2D eigenvalue weighted by molar-refractivity contribution is 6.31. The number of carbonyl (C=O) groups excluding carboxylic acids is 1. The van der Waals surface area contributed by atoms with Crippen molar-refractivity contribution in [2.45, 2.75) is 39.8 Å². The van der Waals surface area contributed by atoms with Crippen LogP contribution in [0.3, 0.4) is 0 Å². The molecule has 0 saturated carbocycles. The Morgan fingerprint density at radius 1 is 1.06 bits per heavy atom. The molecule has 2 aromatic carbocycles. The van der Waals surface area contributed by atoms with Crippen molar-refractivity contribution in [2.75, 3.05) is 0 Å². The number of benzene rings is 2. The average Bonchev–Trinajstić information content (AvgIpc) is 3.09. The molecule has 0 atom stereocenters. The summed E-state index contributed by atoms with van der Waals surface area (Å²) in [6.45, 7) is 5.16. The summed E-state index contributed by atoms with van der Waals surface area (Å²) in [6.07, 6.45) is 2.70. The number of imidazole rings is 1. The fraction of sp³-hybridized carbons (Fsp3) is 0.240. The van der Waals surface area contributed by atoms with Crippen LogP contribution in [0.4, 0.5) is 0 Å². The number of amides is 1. The highest BCUT2D eigenvalue weighted by atomic mass is 35.5. The number of rotatable bonds is 7. The maximum absolute atomic E-state index is 12.5. The Morgan fingerprint density at radius 2 is 1.84 bits per heavy atom. The number of nitrogens with zero attached hydrogens (tertiary/aromatic N) is 3. The van der Waals surface area contributed by atoms with Crippen molar-refractivity contribution >= 4 is 28.5 Å². The highest BCUT2D eigenvalue weighted by Gasteiger charge is 2.15. The minimum atomic E-state index is -0.0139. The molecule has 5 nitrogen and oxygen atoms in total. The van der Waals surface area contributed by atoms with Gasteiger partial charge < -0.3 is 9.88 Å². The third kappa shape index (κ3) is 4.94. The van der Waals surface area contributed by atoms with E-state index in [0.717, 1.165) is 33.1 Å². The number of aromatic nitrogens is 3. The highest BCUT2D eigenvalue weighted by Crippen LogP contribution is 2.25. The van der Waals surface area contributed by atoms with Crippen molar-refractivity contribution in [1.29, 1.82) is 0 Å². The van der Waals surface area contributed by atoms with Gasteiger partial charge in [-0.2, -0.15) is 0 Å². The molecule has 31 heavy (non-hydrogen) atoms. The molecule has 0 aliphatic carbocycles. The lowest BCUT2D eigenvalue weighted by molar-refractivity contribution is -0.121. The average molecular weight is 433 g/mol. The van der Waals surface area contributed by atoms with E-state index in [2.05, 4.69) is 40.8 Å². The third-order valence-electron chi connectivity index (χ3n) is 5.50.